The van der Waals surface area contributed by atoms with Crippen molar-refractivity contribution in [3.05, 3.63) is 0 Å². The molecule has 38 heavy (non-hydrogen) atoms. The Morgan fingerprint density at radius 2 is 0.737 bits per heavy atom. The van der Waals surface area contributed by atoms with Gasteiger partial charge in [-0.1, -0.05) is 64.2 Å². The Balaban J connectivity index is 2.06. The quantitative estimate of drug-likeness (QED) is 0.257. The summed E-state index contributed by atoms with van der Waals surface area (Å²) < 4.78 is 48.9. The summed E-state index contributed by atoms with van der Waals surface area (Å²) >= 11 is 0. The molecule has 0 spiro atoms. The Morgan fingerprint density at radius 1 is 0.447 bits per heavy atom. The van der Waals surface area contributed by atoms with Crippen molar-refractivity contribution in [2.75, 3.05) is 0 Å². The molecule has 4 aliphatic rings. The Hall–Kier alpha value is 0.214. The summed E-state index contributed by atoms with van der Waals surface area (Å²) in [7, 11) is -4.36. The molecule has 0 N–H and O–H groups in total. The SMILES string of the molecule is C[Si](C)(C)OC(C1CCCCC1)(C1CCCCC1F)C(O[Si](C)(C)C)(C1CCCCC1)C1CCCCC1F. The van der Waals surface area contributed by atoms with Crippen LogP contribution in [0, 0.1) is 23.7 Å². The fourth-order valence-electron chi connectivity index (χ4n) is 9.51. The summed E-state index contributed by atoms with van der Waals surface area (Å²) in [6, 6.07) is 0. The van der Waals surface area contributed by atoms with E-state index in [2.05, 4.69) is 39.3 Å². The maximum Gasteiger partial charge on any atom is 0.184 e. The maximum atomic E-state index is 16.7. The number of alkyl halides is 2. The molecule has 222 valence electrons. The van der Waals surface area contributed by atoms with Crippen LogP contribution in [0.2, 0.25) is 39.3 Å². The van der Waals surface area contributed by atoms with Crippen molar-refractivity contribution in [2.24, 2.45) is 23.7 Å². The maximum absolute atomic E-state index is 16.7. The van der Waals surface area contributed by atoms with E-state index in [4.69, 9.17) is 8.85 Å². The largest absolute Gasteiger partial charge is 0.409 e. The summed E-state index contributed by atoms with van der Waals surface area (Å²) in [5.74, 6) is 0.158. The zero-order chi connectivity index (χ0) is 27.6. The molecule has 6 heteroatoms. The lowest BCUT2D eigenvalue weighted by atomic mass is 9.50. The zero-order valence-corrected chi connectivity index (χ0v) is 27.8. The van der Waals surface area contributed by atoms with Gasteiger partial charge in [-0.05, 0) is 102 Å². The van der Waals surface area contributed by atoms with Gasteiger partial charge in [0.1, 0.15) is 12.3 Å². The number of hydrogen-bond donors (Lipinski definition) is 0. The lowest BCUT2D eigenvalue weighted by Gasteiger charge is -2.68. The van der Waals surface area contributed by atoms with Gasteiger partial charge >= 0.3 is 0 Å². The van der Waals surface area contributed by atoms with Gasteiger partial charge in [-0.25, -0.2) is 8.78 Å². The van der Waals surface area contributed by atoms with Gasteiger partial charge < -0.3 is 8.85 Å². The minimum atomic E-state index is -2.18. The molecule has 0 amide bonds. The second kappa shape index (κ2) is 12.6. The molecule has 0 aromatic carbocycles. The van der Waals surface area contributed by atoms with E-state index in [1.54, 1.807) is 0 Å². The number of halogens is 2. The highest BCUT2D eigenvalue weighted by atomic mass is 28.4. The molecular formula is C32H60F2O2Si2. The molecule has 6 atom stereocenters. The molecule has 0 saturated heterocycles. The first-order chi connectivity index (χ1) is 17.9. The van der Waals surface area contributed by atoms with E-state index < -0.39 is 40.2 Å². The van der Waals surface area contributed by atoms with Crippen molar-refractivity contribution < 1.29 is 17.6 Å². The van der Waals surface area contributed by atoms with E-state index in [0.29, 0.717) is 12.8 Å². The van der Waals surface area contributed by atoms with Gasteiger partial charge in [0.15, 0.2) is 16.6 Å². The Kier molecular flexibility index (Phi) is 10.3. The van der Waals surface area contributed by atoms with Gasteiger partial charge in [0.05, 0.1) is 11.2 Å². The van der Waals surface area contributed by atoms with Crippen molar-refractivity contribution >= 4 is 16.6 Å². The van der Waals surface area contributed by atoms with Crippen LogP contribution in [-0.2, 0) is 8.85 Å². The van der Waals surface area contributed by atoms with Crippen molar-refractivity contribution in [1.82, 2.24) is 0 Å². The second-order valence-corrected chi connectivity index (χ2v) is 24.4. The van der Waals surface area contributed by atoms with Crippen molar-refractivity contribution in [1.29, 1.82) is 0 Å². The smallest absolute Gasteiger partial charge is 0.184 e. The molecule has 4 rings (SSSR count). The molecule has 0 aromatic rings. The van der Waals surface area contributed by atoms with Gasteiger partial charge in [0, 0.05) is 11.8 Å². The third-order valence-electron chi connectivity index (χ3n) is 10.4. The van der Waals surface area contributed by atoms with Crippen LogP contribution in [-0.4, -0.2) is 40.2 Å². The Morgan fingerprint density at radius 3 is 1.03 bits per heavy atom. The van der Waals surface area contributed by atoms with Crippen molar-refractivity contribution in [3.8, 4) is 0 Å². The molecule has 4 aliphatic carbocycles. The monoisotopic (exact) mass is 570 g/mol. The van der Waals surface area contributed by atoms with Gasteiger partial charge in [-0.2, -0.15) is 0 Å². The molecule has 6 unspecified atom stereocenters. The van der Waals surface area contributed by atoms with Crippen molar-refractivity contribution in [2.45, 2.75) is 178 Å². The molecule has 4 saturated carbocycles. The van der Waals surface area contributed by atoms with E-state index >= 15 is 8.78 Å². The van der Waals surface area contributed by atoms with Crippen LogP contribution in [0.4, 0.5) is 8.78 Å². The lowest BCUT2D eigenvalue weighted by molar-refractivity contribution is -0.268. The van der Waals surface area contributed by atoms with Crippen LogP contribution >= 0.6 is 0 Å². The standard InChI is InChI=1S/C32H60F2O2Si2/c1-37(2,3)35-31(25-17-9-7-10-18-25,27-21-13-15-23-29(27)33)32(36-38(4,5)6,26-19-11-8-12-20-26)28-22-14-16-24-30(28)34/h25-30H,7-24H2,1-6H3. The predicted octanol–water partition coefficient (Wildman–Crippen LogP) is 10.4. The minimum absolute atomic E-state index is 0.182. The molecule has 0 bridgehead atoms. The lowest BCUT2D eigenvalue weighted by Crippen LogP contribution is -2.77. The average molecular weight is 571 g/mol. The molecule has 2 nitrogen and oxygen atoms in total. The van der Waals surface area contributed by atoms with Crippen molar-refractivity contribution in [3.63, 3.8) is 0 Å². The van der Waals surface area contributed by atoms with E-state index in [-0.39, 0.29) is 23.7 Å². The highest BCUT2D eigenvalue weighted by Gasteiger charge is 2.70. The molecule has 0 radical (unpaired) electrons. The average Bonchev–Trinajstić information content (AvgIpc) is 2.87. The van der Waals surface area contributed by atoms with Crippen LogP contribution in [0.3, 0.4) is 0 Å². The normalized spacial score (nSPS) is 34.4. The molecule has 0 aromatic heterocycles. The van der Waals surface area contributed by atoms with Gasteiger partial charge in [0.2, 0.25) is 0 Å². The van der Waals surface area contributed by atoms with Crippen LogP contribution in [0.25, 0.3) is 0 Å². The van der Waals surface area contributed by atoms with Crippen LogP contribution in [0.15, 0.2) is 0 Å². The summed E-state index contributed by atoms with van der Waals surface area (Å²) in [5, 5.41) is 0. The number of hydrogen-bond acceptors (Lipinski definition) is 2. The molecule has 4 fully saturated rings. The van der Waals surface area contributed by atoms with Gasteiger partial charge in [-0.15, -0.1) is 0 Å². The molecule has 0 heterocycles. The zero-order valence-electron chi connectivity index (χ0n) is 25.8. The summed E-state index contributed by atoms with van der Waals surface area (Å²) in [5.41, 5.74) is -1.46. The minimum Gasteiger partial charge on any atom is -0.409 e. The highest BCUT2D eigenvalue weighted by Crippen LogP contribution is 2.63. The first kappa shape index (κ1) is 31.2. The third-order valence-corrected chi connectivity index (χ3v) is 12.3. The fourth-order valence-corrected chi connectivity index (χ4v) is 12.5. The third kappa shape index (κ3) is 6.48. The van der Waals surface area contributed by atoms with Crippen LogP contribution in [0.1, 0.15) is 116 Å². The highest BCUT2D eigenvalue weighted by molar-refractivity contribution is 6.70. The molecular weight excluding hydrogens is 511 g/mol. The first-order valence-corrected chi connectivity index (χ1v) is 23.4. The topological polar surface area (TPSA) is 18.5 Å². The summed E-state index contributed by atoms with van der Waals surface area (Å²) in [4.78, 5) is 0. The molecule has 0 aliphatic heterocycles. The van der Waals surface area contributed by atoms with Crippen LogP contribution in [0.5, 0.6) is 0 Å². The van der Waals surface area contributed by atoms with E-state index in [1.807, 2.05) is 0 Å². The van der Waals surface area contributed by atoms with Crippen LogP contribution < -0.4 is 0 Å². The van der Waals surface area contributed by atoms with E-state index in [1.165, 1.54) is 38.5 Å². The van der Waals surface area contributed by atoms with E-state index in [9.17, 15) is 0 Å². The summed E-state index contributed by atoms with van der Waals surface area (Å²) in [6.45, 7) is 13.8. The van der Waals surface area contributed by atoms with Gasteiger partial charge in [0.25, 0.3) is 0 Å². The predicted molar refractivity (Wildman–Crippen MR) is 161 cm³/mol. The Bertz CT molecular complexity index is 679. The van der Waals surface area contributed by atoms with E-state index in [0.717, 1.165) is 64.2 Å². The Labute approximate surface area is 236 Å². The first-order valence-electron chi connectivity index (χ1n) is 16.6. The number of rotatable bonds is 9. The summed E-state index contributed by atoms with van der Waals surface area (Å²) in [6.07, 6.45) is 16.9. The fraction of sp³-hybridized carbons (Fsp3) is 1.00. The van der Waals surface area contributed by atoms with Gasteiger partial charge in [-0.3, -0.25) is 0 Å². The second-order valence-electron chi connectivity index (χ2n) is 15.5.